The van der Waals surface area contributed by atoms with Crippen molar-refractivity contribution in [2.75, 3.05) is 39.5 Å². The molecule has 7 nitrogen and oxygen atoms in total. The van der Waals surface area contributed by atoms with Gasteiger partial charge in [0.1, 0.15) is 12.3 Å². The molecule has 3 N–H and O–H groups in total. The van der Waals surface area contributed by atoms with Crippen LogP contribution in [0.2, 0.25) is 0 Å². The van der Waals surface area contributed by atoms with Gasteiger partial charge in [-0.05, 0) is 56.3 Å². The summed E-state index contributed by atoms with van der Waals surface area (Å²) >= 11 is 7.09. The highest BCUT2D eigenvalue weighted by molar-refractivity contribution is 6.21. The van der Waals surface area contributed by atoms with Gasteiger partial charge in [-0.25, -0.2) is 4.39 Å². The molecule has 3 heterocycles. The van der Waals surface area contributed by atoms with Gasteiger partial charge in [-0.3, -0.25) is 20.3 Å². The van der Waals surface area contributed by atoms with Crippen molar-refractivity contribution in [2.24, 2.45) is 29.6 Å². The van der Waals surface area contributed by atoms with Crippen LogP contribution in [0.4, 0.5) is 4.39 Å². The SMILES string of the molecule is O=C(C1CCCO1)N1CCN(C2NCNC3C(F)C(C4CC(O)CC5CCCCC54)C(Cl)CC32)CC1. The largest absolute Gasteiger partial charge is 0.393 e. The molecule has 0 aromatic heterocycles. The fourth-order valence-corrected chi connectivity index (χ4v) is 9.36. The lowest BCUT2D eigenvalue weighted by Crippen LogP contribution is -2.71. The van der Waals surface area contributed by atoms with Crippen LogP contribution in [-0.4, -0.2) is 96.2 Å². The summed E-state index contributed by atoms with van der Waals surface area (Å²) in [5, 5.41) is 17.5. The van der Waals surface area contributed by atoms with Crippen molar-refractivity contribution in [1.29, 1.82) is 0 Å². The third kappa shape index (κ3) is 4.84. The number of carbonyl (C=O) groups excluding carboxylic acids is 1. The number of aliphatic hydroxyl groups excluding tert-OH is 1. The number of amides is 1. The quantitative estimate of drug-likeness (QED) is 0.490. The molecule has 11 atom stereocenters. The van der Waals surface area contributed by atoms with Gasteiger partial charge < -0.3 is 14.7 Å². The zero-order chi connectivity index (χ0) is 24.8. The molecule has 6 aliphatic rings. The third-order valence-electron chi connectivity index (χ3n) is 10.5. The normalized spacial score (nSPS) is 48.3. The first-order valence-electron chi connectivity index (χ1n) is 14.6. The maximum Gasteiger partial charge on any atom is 0.251 e. The number of alkyl halides is 2. The van der Waals surface area contributed by atoms with E-state index in [4.69, 9.17) is 16.3 Å². The van der Waals surface area contributed by atoms with Crippen LogP contribution in [-0.2, 0) is 9.53 Å². The predicted octanol–water partition coefficient (Wildman–Crippen LogP) is 2.31. The lowest BCUT2D eigenvalue weighted by molar-refractivity contribution is -0.143. The number of hydrogen-bond acceptors (Lipinski definition) is 6. The van der Waals surface area contributed by atoms with E-state index in [0.717, 1.165) is 45.2 Å². The van der Waals surface area contributed by atoms with Crippen molar-refractivity contribution in [1.82, 2.24) is 20.4 Å². The first-order valence-corrected chi connectivity index (χ1v) is 15.0. The van der Waals surface area contributed by atoms with E-state index in [1.54, 1.807) is 0 Å². The minimum atomic E-state index is -1.00. The van der Waals surface area contributed by atoms with Crippen LogP contribution in [0.3, 0.4) is 0 Å². The Labute approximate surface area is 219 Å². The second-order valence-electron chi connectivity index (χ2n) is 12.4. The predicted molar refractivity (Wildman–Crippen MR) is 136 cm³/mol. The van der Waals surface area contributed by atoms with Crippen molar-refractivity contribution < 1.29 is 19.0 Å². The number of hydrogen-bond donors (Lipinski definition) is 3. The van der Waals surface area contributed by atoms with E-state index in [1.165, 1.54) is 19.3 Å². The van der Waals surface area contributed by atoms with Gasteiger partial charge in [0.25, 0.3) is 5.91 Å². The molecule has 0 aromatic carbocycles. The molecule has 0 spiro atoms. The number of carbonyl (C=O) groups is 1. The standard InChI is InChI=1S/C27H44ClFN4O3/c28-21-14-20-25(24(29)23(21)19-13-17(34)12-16-4-1-2-5-18(16)19)30-15-31-26(20)32-7-9-33(10-8-32)27(35)22-6-3-11-36-22/h16-26,30-31,34H,1-15H2. The fourth-order valence-electron chi connectivity index (χ4n) is 8.83. The maximum atomic E-state index is 16.4. The molecule has 3 saturated carbocycles. The number of rotatable bonds is 3. The molecule has 9 heteroatoms. The Morgan fingerprint density at radius 1 is 0.944 bits per heavy atom. The summed E-state index contributed by atoms with van der Waals surface area (Å²) < 4.78 is 22.1. The molecule has 3 aliphatic carbocycles. The number of fused-ring (bicyclic) bond motifs is 2. The highest BCUT2D eigenvalue weighted by Crippen LogP contribution is 2.52. The minimum Gasteiger partial charge on any atom is -0.393 e. The summed E-state index contributed by atoms with van der Waals surface area (Å²) in [5.41, 5.74) is 0. The number of piperazine rings is 1. The van der Waals surface area contributed by atoms with Gasteiger partial charge in [0.05, 0.1) is 12.3 Å². The first-order chi connectivity index (χ1) is 17.5. The van der Waals surface area contributed by atoms with Crippen LogP contribution in [0.15, 0.2) is 0 Å². The molecule has 11 unspecified atom stereocenters. The Balaban J connectivity index is 1.12. The van der Waals surface area contributed by atoms with Gasteiger partial charge in [0.15, 0.2) is 0 Å². The van der Waals surface area contributed by atoms with E-state index >= 15 is 4.39 Å². The molecule has 0 bridgehead atoms. The van der Waals surface area contributed by atoms with Gasteiger partial charge in [-0.15, -0.1) is 11.6 Å². The molecule has 0 radical (unpaired) electrons. The smallest absolute Gasteiger partial charge is 0.251 e. The molecule has 6 rings (SSSR count). The zero-order valence-electron chi connectivity index (χ0n) is 21.4. The fraction of sp³-hybridized carbons (Fsp3) is 0.963. The monoisotopic (exact) mass is 526 g/mol. The number of nitrogens with zero attached hydrogens (tertiary/aromatic N) is 2. The van der Waals surface area contributed by atoms with Crippen LogP contribution in [0.1, 0.15) is 57.8 Å². The Morgan fingerprint density at radius 3 is 2.53 bits per heavy atom. The average Bonchev–Trinajstić information content (AvgIpc) is 3.43. The second-order valence-corrected chi connectivity index (χ2v) is 12.9. The van der Waals surface area contributed by atoms with E-state index in [9.17, 15) is 9.90 Å². The van der Waals surface area contributed by atoms with Gasteiger partial charge in [-0.2, -0.15) is 0 Å². The third-order valence-corrected chi connectivity index (χ3v) is 11.0. The summed E-state index contributed by atoms with van der Waals surface area (Å²) in [6, 6.07) is -0.219. The minimum absolute atomic E-state index is 0.0658. The zero-order valence-corrected chi connectivity index (χ0v) is 22.1. The molecule has 0 aromatic rings. The van der Waals surface area contributed by atoms with E-state index in [0.29, 0.717) is 44.6 Å². The number of nitrogens with one attached hydrogen (secondary N) is 2. The Bertz CT molecular complexity index is 780. The van der Waals surface area contributed by atoms with Crippen LogP contribution >= 0.6 is 11.6 Å². The average molecular weight is 527 g/mol. The number of halogens is 2. The second kappa shape index (κ2) is 10.9. The Kier molecular flexibility index (Phi) is 7.82. The van der Waals surface area contributed by atoms with Crippen LogP contribution < -0.4 is 10.6 Å². The summed E-state index contributed by atoms with van der Waals surface area (Å²) in [4.78, 5) is 17.1. The summed E-state index contributed by atoms with van der Waals surface area (Å²) in [6.07, 6.45) is 7.44. The molecule has 3 saturated heterocycles. The van der Waals surface area contributed by atoms with E-state index in [-0.39, 0.29) is 53.5 Å². The molecular weight excluding hydrogens is 483 g/mol. The lowest BCUT2D eigenvalue weighted by Gasteiger charge is -2.55. The Hall–Kier alpha value is -0.510. The van der Waals surface area contributed by atoms with E-state index < -0.39 is 6.17 Å². The molecule has 204 valence electrons. The summed E-state index contributed by atoms with van der Waals surface area (Å²) in [6.45, 7) is 4.22. The number of aliphatic hydroxyl groups is 1. The van der Waals surface area contributed by atoms with Crippen molar-refractivity contribution >= 4 is 17.5 Å². The lowest BCUT2D eigenvalue weighted by atomic mass is 9.57. The van der Waals surface area contributed by atoms with Crippen molar-refractivity contribution in [3.63, 3.8) is 0 Å². The van der Waals surface area contributed by atoms with E-state index in [1.807, 2.05) is 4.90 Å². The highest BCUT2D eigenvalue weighted by atomic mass is 35.5. The molecule has 36 heavy (non-hydrogen) atoms. The molecule has 6 fully saturated rings. The molecule has 3 aliphatic heterocycles. The van der Waals surface area contributed by atoms with Crippen LogP contribution in [0, 0.1) is 29.6 Å². The van der Waals surface area contributed by atoms with Crippen molar-refractivity contribution in [3.05, 3.63) is 0 Å². The van der Waals surface area contributed by atoms with Gasteiger partial charge >= 0.3 is 0 Å². The maximum absolute atomic E-state index is 16.4. The summed E-state index contributed by atoms with van der Waals surface area (Å²) in [5.74, 6) is 1.24. The van der Waals surface area contributed by atoms with Crippen molar-refractivity contribution in [2.45, 2.75) is 93.8 Å². The van der Waals surface area contributed by atoms with Gasteiger partial charge in [0, 0.05) is 62.7 Å². The van der Waals surface area contributed by atoms with Crippen LogP contribution in [0.25, 0.3) is 0 Å². The number of ether oxygens (including phenoxy) is 1. The first kappa shape index (κ1) is 25.8. The molecular formula is C27H44ClFN4O3. The topological polar surface area (TPSA) is 77.1 Å². The molecule has 1 amide bonds. The van der Waals surface area contributed by atoms with Gasteiger partial charge in [-0.1, -0.05) is 19.3 Å². The van der Waals surface area contributed by atoms with Gasteiger partial charge in [0.2, 0.25) is 0 Å². The highest BCUT2D eigenvalue weighted by Gasteiger charge is 2.55. The Morgan fingerprint density at radius 2 is 1.75 bits per heavy atom. The van der Waals surface area contributed by atoms with Crippen molar-refractivity contribution in [3.8, 4) is 0 Å². The summed E-state index contributed by atoms with van der Waals surface area (Å²) in [7, 11) is 0. The van der Waals surface area contributed by atoms with Crippen LogP contribution in [0.5, 0.6) is 0 Å². The van der Waals surface area contributed by atoms with E-state index in [2.05, 4.69) is 15.5 Å².